The van der Waals surface area contributed by atoms with Crippen molar-refractivity contribution in [1.29, 1.82) is 0 Å². The summed E-state index contributed by atoms with van der Waals surface area (Å²) in [7, 11) is 0. The highest BCUT2D eigenvalue weighted by Crippen LogP contribution is 2.40. The average Bonchev–Trinajstić information content (AvgIpc) is 2.18. The number of carbonyl (C=O) groups is 2. The van der Waals surface area contributed by atoms with E-state index in [2.05, 4.69) is 0 Å². The first kappa shape index (κ1) is 9.45. The highest BCUT2D eigenvalue weighted by molar-refractivity contribution is 5.92. The number of nitrogens with two attached hydrogens (primary N) is 1. The molecule has 5 heteroatoms. The zero-order valence-electron chi connectivity index (χ0n) is 7.99. The van der Waals surface area contributed by atoms with Crippen LogP contribution < -0.4 is 5.73 Å². The number of amides is 2. The molecule has 0 saturated carbocycles. The summed E-state index contributed by atoms with van der Waals surface area (Å²) in [4.78, 5) is 23.9. The molecule has 2 saturated heterocycles. The van der Waals surface area contributed by atoms with Crippen LogP contribution in [0.3, 0.4) is 0 Å². The summed E-state index contributed by atoms with van der Waals surface area (Å²) in [6.45, 7) is 2.02. The molecule has 0 unspecified atom stereocenters. The van der Waals surface area contributed by atoms with Gasteiger partial charge in [-0.1, -0.05) is 0 Å². The molecule has 1 spiro atoms. The monoisotopic (exact) mass is 198 g/mol. The Morgan fingerprint density at radius 2 is 2.14 bits per heavy atom. The van der Waals surface area contributed by atoms with Gasteiger partial charge < -0.3 is 15.4 Å². The van der Waals surface area contributed by atoms with Gasteiger partial charge in [0.1, 0.15) is 0 Å². The number of primary amides is 1. The van der Waals surface area contributed by atoms with E-state index in [1.807, 2.05) is 0 Å². The molecule has 0 aromatic carbocycles. The molecule has 0 aromatic heterocycles. The quantitative estimate of drug-likeness (QED) is 0.585. The minimum Gasteiger partial charge on any atom is -0.381 e. The summed E-state index contributed by atoms with van der Waals surface area (Å²) in [6, 6.07) is 0. The van der Waals surface area contributed by atoms with Gasteiger partial charge in [-0.2, -0.15) is 0 Å². The standard InChI is InChI=1S/C9H14N2O3/c10-7(12)5-11-6-9(8(11)13)1-3-14-4-2-9/h1-6H2,(H2,10,12). The third kappa shape index (κ3) is 1.37. The van der Waals surface area contributed by atoms with Crippen molar-refractivity contribution in [3.63, 3.8) is 0 Å². The number of likely N-dealkylation sites (tertiary alicyclic amines) is 1. The van der Waals surface area contributed by atoms with Gasteiger partial charge in [-0.05, 0) is 12.8 Å². The maximum absolute atomic E-state index is 11.7. The first-order valence-electron chi connectivity index (χ1n) is 4.79. The molecule has 2 N–H and O–H groups in total. The summed E-state index contributed by atoms with van der Waals surface area (Å²) in [6.07, 6.45) is 1.56. The zero-order valence-corrected chi connectivity index (χ0v) is 7.99. The Bertz CT molecular complexity index is 271. The van der Waals surface area contributed by atoms with Crippen LogP contribution >= 0.6 is 0 Å². The van der Waals surface area contributed by atoms with Crippen LogP contribution in [0.1, 0.15) is 12.8 Å². The second kappa shape index (κ2) is 3.24. The molecule has 14 heavy (non-hydrogen) atoms. The molecule has 0 radical (unpaired) electrons. The molecule has 2 aliphatic rings. The zero-order chi connectivity index (χ0) is 10.2. The Morgan fingerprint density at radius 3 is 2.64 bits per heavy atom. The first-order valence-corrected chi connectivity index (χ1v) is 4.79. The van der Waals surface area contributed by atoms with Gasteiger partial charge in [0.25, 0.3) is 0 Å². The van der Waals surface area contributed by atoms with Crippen LogP contribution in [-0.4, -0.2) is 43.0 Å². The number of carbonyl (C=O) groups excluding carboxylic acids is 2. The maximum Gasteiger partial charge on any atom is 0.237 e. The van der Waals surface area contributed by atoms with E-state index in [0.29, 0.717) is 19.8 Å². The highest BCUT2D eigenvalue weighted by atomic mass is 16.5. The van der Waals surface area contributed by atoms with Gasteiger partial charge >= 0.3 is 0 Å². The Hall–Kier alpha value is -1.10. The Kier molecular flexibility index (Phi) is 2.19. The SMILES string of the molecule is NC(=O)CN1CC2(CCOCC2)C1=O. The molecular formula is C9H14N2O3. The van der Waals surface area contributed by atoms with Gasteiger partial charge in [-0.25, -0.2) is 0 Å². The van der Waals surface area contributed by atoms with E-state index in [9.17, 15) is 9.59 Å². The van der Waals surface area contributed by atoms with Gasteiger partial charge in [0.2, 0.25) is 11.8 Å². The maximum atomic E-state index is 11.7. The van der Waals surface area contributed by atoms with E-state index in [4.69, 9.17) is 10.5 Å². The summed E-state index contributed by atoms with van der Waals surface area (Å²) in [5, 5.41) is 0. The van der Waals surface area contributed by atoms with Crippen molar-refractivity contribution in [3.8, 4) is 0 Å². The molecule has 2 amide bonds. The first-order chi connectivity index (χ1) is 6.64. The van der Waals surface area contributed by atoms with Gasteiger partial charge in [0, 0.05) is 19.8 Å². The fourth-order valence-corrected chi connectivity index (χ4v) is 2.20. The van der Waals surface area contributed by atoms with E-state index in [-0.39, 0.29) is 17.9 Å². The lowest BCUT2D eigenvalue weighted by atomic mass is 9.72. The molecular weight excluding hydrogens is 184 g/mol. The van der Waals surface area contributed by atoms with Crippen LogP contribution in [0, 0.1) is 5.41 Å². The van der Waals surface area contributed by atoms with Crippen LogP contribution in [-0.2, 0) is 14.3 Å². The molecule has 2 heterocycles. The van der Waals surface area contributed by atoms with Crippen LogP contribution in [0.4, 0.5) is 0 Å². The molecule has 0 aliphatic carbocycles. The molecule has 0 atom stereocenters. The van der Waals surface area contributed by atoms with E-state index in [1.54, 1.807) is 0 Å². The van der Waals surface area contributed by atoms with Gasteiger partial charge in [0.15, 0.2) is 0 Å². The molecule has 0 bridgehead atoms. The molecule has 78 valence electrons. The lowest BCUT2D eigenvalue weighted by Gasteiger charge is -2.50. The minimum absolute atomic E-state index is 0.0570. The van der Waals surface area contributed by atoms with Crippen molar-refractivity contribution in [1.82, 2.24) is 4.90 Å². The number of ether oxygens (including phenoxy) is 1. The number of rotatable bonds is 2. The van der Waals surface area contributed by atoms with Crippen LogP contribution in [0.5, 0.6) is 0 Å². The minimum atomic E-state index is -0.444. The van der Waals surface area contributed by atoms with Gasteiger partial charge in [-0.15, -0.1) is 0 Å². The van der Waals surface area contributed by atoms with Crippen LogP contribution in [0.15, 0.2) is 0 Å². The fraction of sp³-hybridized carbons (Fsp3) is 0.778. The molecule has 5 nitrogen and oxygen atoms in total. The Morgan fingerprint density at radius 1 is 1.50 bits per heavy atom. The lowest BCUT2D eigenvalue weighted by Crippen LogP contribution is -2.64. The summed E-state index contributed by atoms with van der Waals surface area (Å²) < 4.78 is 5.20. The second-order valence-corrected chi connectivity index (χ2v) is 4.02. The van der Waals surface area contributed by atoms with E-state index >= 15 is 0 Å². The summed E-state index contributed by atoms with van der Waals surface area (Å²) in [5.41, 5.74) is 4.80. The highest BCUT2D eigenvalue weighted by Gasteiger charge is 2.52. The molecule has 2 fully saturated rings. The van der Waals surface area contributed by atoms with Crippen molar-refractivity contribution in [2.45, 2.75) is 12.8 Å². The smallest absolute Gasteiger partial charge is 0.237 e. The Labute approximate surface area is 82.2 Å². The third-order valence-electron chi connectivity index (χ3n) is 3.03. The third-order valence-corrected chi connectivity index (χ3v) is 3.03. The van der Waals surface area contributed by atoms with E-state index in [1.165, 1.54) is 4.90 Å². The van der Waals surface area contributed by atoms with Crippen molar-refractivity contribution < 1.29 is 14.3 Å². The number of nitrogens with zero attached hydrogens (tertiary/aromatic N) is 1. The normalized spacial score (nSPS) is 24.9. The van der Waals surface area contributed by atoms with Crippen molar-refractivity contribution >= 4 is 11.8 Å². The largest absolute Gasteiger partial charge is 0.381 e. The van der Waals surface area contributed by atoms with Crippen molar-refractivity contribution in [2.24, 2.45) is 11.1 Å². The van der Waals surface area contributed by atoms with Gasteiger partial charge in [0.05, 0.1) is 12.0 Å². The predicted molar refractivity (Wildman–Crippen MR) is 48.3 cm³/mol. The Balaban J connectivity index is 1.94. The molecule has 0 aromatic rings. The number of β-lactam (4-membered cyclic amide) rings is 1. The molecule has 2 rings (SSSR count). The van der Waals surface area contributed by atoms with Crippen molar-refractivity contribution in [2.75, 3.05) is 26.3 Å². The van der Waals surface area contributed by atoms with Crippen LogP contribution in [0.2, 0.25) is 0 Å². The number of hydrogen-bond donors (Lipinski definition) is 1. The average molecular weight is 198 g/mol. The van der Waals surface area contributed by atoms with E-state index in [0.717, 1.165) is 12.8 Å². The van der Waals surface area contributed by atoms with Crippen molar-refractivity contribution in [3.05, 3.63) is 0 Å². The van der Waals surface area contributed by atoms with E-state index < -0.39 is 5.91 Å². The van der Waals surface area contributed by atoms with Gasteiger partial charge in [-0.3, -0.25) is 9.59 Å². The lowest BCUT2D eigenvalue weighted by molar-refractivity contribution is -0.170. The predicted octanol–water partition coefficient (Wildman–Crippen LogP) is -0.889. The number of hydrogen-bond acceptors (Lipinski definition) is 3. The fourth-order valence-electron chi connectivity index (χ4n) is 2.20. The summed E-state index contributed by atoms with van der Waals surface area (Å²) in [5.74, 6) is -0.375. The molecule has 2 aliphatic heterocycles. The van der Waals surface area contributed by atoms with Crippen LogP contribution in [0.25, 0.3) is 0 Å². The second-order valence-electron chi connectivity index (χ2n) is 4.02. The summed E-state index contributed by atoms with van der Waals surface area (Å²) >= 11 is 0. The topological polar surface area (TPSA) is 72.6 Å².